The fourth-order valence-electron chi connectivity index (χ4n) is 2.20. The van der Waals surface area contributed by atoms with Crippen LogP contribution in [0.2, 0.25) is 0 Å². The topological polar surface area (TPSA) is 53.6 Å². The first-order chi connectivity index (χ1) is 7.78. The average Bonchev–Trinajstić information content (AvgIpc) is 3.11. The van der Waals surface area contributed by atoms with E-state index in [1.165, 1.54) is 45.3 Å². The molecule has 1 aliphatic heterocycles. The van der Waals surface area contributed by atoms with Gasteiger partial charge in [0, 0.05) is 12.6 Å². The van der Waals surface area contributed by atoms with Gasteiger partial charge in [-0.25, -0.2) is 0 Å². The minimum absolute atomic E-state index is 0.616. The van der Waals surface area contributed by atoms with Crippen LogP contribution in [-0.2, 0) is 0 Å². The first-order valence-corrected chi connectivity index (χ1v) is 6.56. The lowest BCUT2D eigenvalue weighted by atomic mass is 9.97. The Morgan fingerprint density at radius 2 is 2.00 bits per heavy atom. The fourth-order valence-corrected chi connectivity index (χ4v) is 2.20. The van der Waals surface area contributed by atoms with Crippen molar-refractivity contribution in [3.8, 4) is 0 Å². The lowest BCUT2D eigenvalue weighted by Gasteiger charge is -2.30. The maximum absolute atomic E-state index is 5.81. The quantitative estimate of drug-likeness (QED) is 0.548. The molecular formula is C12H24N4. The Bertz CT molecular complexity index is 239. The molecule has 4 heteroatoms. The lowest BCUT2D eigenvalue weighted by Crippen LogP contribution is -2.36. The number of nitrogens with one attached hydrogen (secondary N) is 1. The molecule has 92 valence electrons. The first-order valence-electron chi connectivity index (χ1n) is 6.56. The number of rotatable bonds is 4. The van der Waals surface area contributed by atoms with Gasteiger partial charge in [0.25, 0.3) is 0 Å². The molecule has 2 aliphatic rings. The summed E-state index contributed by atoms with van der Waals surface area (Å²) < 4.78 is 0. The van der Waals surface area contributed by atoms with Gasteiger partial charge in [-0.15, -0.1) is 0 Å². The summed E-state index contributed by atoms with van der Waals surface area (Å²) in [6.45, 7) is 6.78. The summed E-state index contributed by atoms with van der Waals surface area (Å²) in [6.07, 6.45) is 5.05. The van der Waals surface area contributed by atoms with Crippen molar-refractivity contribution in [3.63, 3.8) is 0 Å². The molecule has 4 nitrogen and oxygen atoms in total. The maximum Gasteiger partial charge on any atom is 0.188 e. The molecule has 0 spiro atoms. The number of hydrogen-bond donors (Lipinski definition) is 2. The lowest BCUT2D eigenvalue weighted by molar-refractivity contribution is 0.196. The normalized spacial score (nSPS) is 24.7. The molecule has 0 aromatic rings. The van der Waals surface area contributed by atoms with E-state index < -0.39 is 0 Å². The third-order valence-corrected chi connectivity index (χ3v) is 3.60. The summed E-state index contributed by atoms with van der Waals surface area (Å²) in [4.78, 5) is 6.95. The molecule has 0 aromatic carbocycles. The SMILES string of the molecule is CCN1CCC(CN=C(N)NC2CC2)CC1. The van der Waals surface area contributed by atoms with Gasteiger partial charge in [-0.2, -0.15) is 0 Å². The maximum atomic E-state index is 5.81. The van der Waals surface area contributed by atoms with Gasteiger partial charge >= 0.3 is 0 Å². The third-order valence-electron chi connectivity index (χ3n) is 3.60. The minimum Gasteiger partial charge on any atom is -0.370 e. The van der Waals surface area contributed by atoms with Crippen molar-refractivity contribution >= 4 is 5.96 Å². The van der Waals surface area contributed by atoms with Crippen molar-refractivity contribution in [1.29, 1.82) is 0 Å². The van der Waals surface area contributed by atoms with Crippen LogP contribution in [0.25, 0.3) is 0 Å². The Hall–Kier alpha value is -0.770. The Balaban J connectivity index is 1.65. The smallest absolute Gasteiger partial charge is 0.188 e. The standard InChI is InChI=1S/C12H24N4/c1-2-16-7-5-10(6-8-16)9-14-12(13)15-11-3-4-11/h10-11H,2-9H2,1H3,(H3,13,14,15). The van der Waals surface area contributed by atoms with Gasteiger partial charge in [-0.05, 0) is 51.2 Å². The van der Waals surface area contributed by atoms with Crippen LogP contribution in [0.5, 0.6) is 0 Å². The minimum atomic E-state index is 0.616. The number of guanidine groups is 1. The van der Waals surface area contributed by atoms with Crippen molar-refractivity contribution < 1.29 is 0 Å². The zero-order valence-corrected chi connectivity index (χ0v) is 10.3. The van der Waals surface area contributed by atoms with E-state index >= 15 is 0 Å². The number of hydrogen-bond acceptors (Lipinski definition) is 2. The van der Waals surface area contributed by atoms with Crippen LogP contribution < -0.4 is 11.1 Å². The van der Waals surface area contributed by atoms with E-state index in [0.717, 1.165) is 12.5 Å². The molecule has 0 unspecified atom stereocenters. The molecular weight excluding hydrogens is 200 g/mol. The van der Waals surface area contributed by atoms with Gasteiger partial charge in [0.05, 0.1) is 0 Å². The molecule has 3 N–H and O–H groups in total. The Morgan fingerprint density at radius 1 is 1.31 bits per heavy atom. The number of likely N-dealkylation sites (tertiary alicyclic amines) is 1. The van der Waals surface area contributed by atoms with Crippen molar-refractivity contribution in [3.05, 3.63) is 0 Å². The number of piperidine rings is 1. The predicted molar refractivity (Wildman–Crippen MR) is 67.5 cm³/mol. The second-order valence-electron chi connectivity index (χ2n) is 5.02. The van der Waals surface area contributed by atoms with E-state index in [-0.39, 0.29) is 0 Å². The van der Waals surface area contributed by atoms with Gasteiger partial charge in [-0.1, -0.05) is 6.92 Å². The van der Waals surface area contributed by atoms with Gasteiger partial charge in [-0.3, -0.25) is 4.99 Å². The van der Waals surface area contributed by atoms with E-state index in [2.05, 4.69) is 22.1 Å². The second-order valence-corrected chi connectivity index (χ2v) is 5.02. The summed E-state index contributed by atoms with van der Waals surface area (Å²) in [5.74, 6) is 1.39. The molecule has 1 heterocycles. The molecule has 1 aliphatic carbocycles. The van der Waals surface area contributed by atoms with Gasteiger partial charge in [0.15, 0.2) is 5.96 Å². The summed E-state index contributed by atoms with van der Waals surface area (Å²) in [6, 6.07) is 0.616. The summed E-state index contributed by atoms with van der Waals surface area (Å²) in [5, 5.41) is 3.23. The predicted octanol–water partition coefficient (Wildman–Crippen LogP) is 0.785. The zero-order chi connectivity index (χ0) is 11.4. The molecule has 0 amide bonds. The van der Waals surface area contributed by atoms with E-state index in [1.807, 2.05) is 0 Å². The van der Waals surface area contributed by atoms with Crippen LogP contribution in [0.3, 0.4) is 0 Å². The Morgan fingerprint density at radius 3 is 2.56 bits per heavy atom. The van der Waals surface area contributed by atoms with Crippen LogP contribution in [0.1, 0.15) is 32.6 Å². The monoisotopic (exact) mass is 224 g/mol. The molecule has 2 fully saturated rings. The molecule has 2 rings (SSSR count). The van der Waals surface area contributed by atoms with E-state index in [9.17, 15) is 0 Å². The highest BCUT2D eigenvalue weighted by Gasteiger charge is 2.22. The number of nitrogens with two attached hydrogens (primary N) is 1. The Labute approximate surface area is 98.3 Å². The molecule has 0 aromatic heterocycles. The van der Waals surface area contributed by atoms with Gasteiger partial charge in [0.2, 0.25) is 0 Å². The van der Waals surface area contributed by atoms with Crippen LogP contribution >= 0.6 is 0 Å². The molecule has 0 radical (unpaired) electrons. The Kier molecular flexibility index (Phi) is 4.04. The summed E-state index contributed by atoms with van der Waals surface area (Å²) >= 11 is 0. The van der Waals surface area contributed by atoms with Gasteiger partial charge in [0.1, 0.15) is 0 Å². The third kappa shape index (κ3) is 3.67. The zero-order valence-electron chi connectivity index (χ0n) is 10.3. The highest BCUT2D eigenvalue weighted by molar-refractivity contribution is 5.78. The van der Waals surface area contributed by atoms with Crippen molar-refractivity contribution in [2.75, 3.05) is 26.2 Å². The fraction of sp³-hybridized carbons (Fsp3) is 0.917. The summed E-state index contributed by atoms with van der Waals surface area (Å²) in [5.41, 5.74) is 5.81. The molecule has 16 heavy (non-hydrogen) atoms. The largest absolute Gasteiger partial charge is 0.370 e. The van der Waals surface area contributed by atoms with Crippen molar-refractivity contribution in [2.24, 2.45) is 16.6 Å². The molecule has 1 saturated carbocycles. The van der Waals surface area contributed by atoms with Crippen LogP contribution in [-0.4, -0.2) is 43.1 Å². The summed E-state index contributed by atoms with van der Waals surface area (Å²) in [7, 11) is 0. The van der Waals surface area contributed by atoms with Crippen molar-refractivity contribution in [2.45, 2.75) is 38.6 Å². The van der Waals surface area contributed by atoms with E-state index in [4.69, 9.17) is 5.73 Å². The van der Waals surface area contributed by atoms with Crippen LogP contribution in [0.15, 0.2) is 4.99 Å². The highest BCUT2D eigenvalue weighted by Crippen LogP contribution is 2.19. The van der Waals surface area contributed by atoms with E-state index in [1.54, 1.807) is 0 Å². The molecule has 1 saturated heterocycles. The highest BCUT2D eigenvalue weighted by atomic mass is 15.1. The van der Waals surface area contributed by atoms with E-state index in [0.29, 0.717) is 12.0 Å². The number of nitrogens with zero attached hydrogens (tertiary/aromatic N) is 2. The second kappa shape index (κ2) is 5.53. The molecule has 0 atom stereocenters. The van der Waals surface area contributed by atoms with Crippen LogP contribution in [0.4, 0.5) is 0 Å². The van der Waals surface area contributed by atoms with Crippen LogP contribution in [0, 0.1) is 5.92 Å². The van der Waals surface area contributed by atoms with Crippen molar-refractivity contribution in [1.82, 2.24) is 10.2 Å². The first kappa shape index (κ1) is 11.7. The van der Waals surface area contributed by atoms with Gasteiger partial charge < -0.3 is 16.0 Å². The molecule has 0 bridgehead atoms. The number of aliphatic imine (C=N–C) groups is 1. The average molecular weight is 224 g/mol.